The van der Waals surface area contributed by atoms with Crippen molar-refractivity contribution in [2.45, 2.75) is 6.23 Å². The number of nitrogens with zero attached hydrogens (tertiary/aromatic N) is 2. The summed E-state index contributed by atoms with van der Waals surface area (Å²) in [7, 11) is 0. The van der Waals surface area contributed by atoms with Gasteiger partial charge in [0.1, 0.15) is 5.75 Å². The van der Waals surface area contributed by atoms with Crippen LogP contribution in [0.15, 0.2) is 53.6 Å². The predicted octanol–water partition coefficient (Wildman–Crippen LogP) is 2.28. The third-order valence-corrected chi connectivity index (χ3v) is 3.05. The lowest BCUT2D eigenvalue weighted by atomic mass is 10.2. The van der Waals surface area contributed by atoms with Gasteiger partial charge in [-0.3, -0.25) is 15.5 Å². The number of hydrazone groups is 1. The van der Waals surface area contributed by atoms with Gasteiger partial charge in [-0.25, -0.2) is 0 Å². The van der Waals surface area contributed by atoms with Gasteiger partial charge in [0.05, 0.1) is 10.5 Å². The van der Waals surface area contributed by atoms with Crippen LogP contribution in [0.5, 0.6) is 5.75 Å². The van der Waals surface area contributed by atoms with E-state index >= 15 is 0 Å². The number of benzene rings is 2. The minimum Gasteiger partial charge on any atom is -0.507 e. The maximum absolute atomic E-state index is 10.6. The van der Waals surface area contributed by atoms with E-state index in [0.29, 0.717) is 11.1 Å². The van der Waals surface area contributed by atoms with Crippen molar-refractivity contribution < 1.29 is 14.8 Å². The van der Waals surface area contributed by atoms with Crippen LogP contribution in [-0.2, 0) is 4.74 Å². The fourth-order valence-corrected chi connectivity index (χ4v) is 1.97. The molecule has 1 unspecified atom stereocenters. The summed E-state index contributed by atoms with van der Waals surface area (Å²) in [6, 6.07) is 12.7. The van der Waals surface area contributed by atoms with Crippen LogP contribution < -0.4 is 5.43 Å². The van der Waals surface area contributed by atoms with Crippen LogP contribution in [0.25, 0.3) is 0 Å². The van der Waals surface area contributed by atoms with Crippen LogP contribution >= 0.6 is 0 Å². The van der Waals surface area contributed by atoms with Crippen LogP contribution in [0, 0.1) is 10.1 Å². The Hall–Kier alpha value is -3.09. The van der Waals surface area contributed by atoms with Gasteiger partial charge in [-0.2, -0.15) is 0 Å². The molecule has 1 heterocycles. The van der Waals surface area contributed by atoms with E-state index in [1.54, 1.807) is 36.4 Å². The summed E-state index contributed by atoms with van der Waals surface area (Å²) in [5.74, 6) is 0.346. The highest BCUT2D eigenvalue weighted by Gasteiger charge is 2.24. The molecule has 2 aromatic rings. The number of non-ortho nitro benzene ring substituents is 1. The van der Waals surface area contributed by atoms with Gasteiger partial charge in [0.25, 0.3) is 5.69 Å². The number of nitro benzene ring substituents is 1. The average molecular weight is 285 g/mol. The Morgan fingerprint density at radius 3 is 2.57 bits per heavy atom. The minimum atomic E-state index is -0.541. The lowest BCUT2D eigenvalue weighted by molar-refractivity contribution is -0.384. The fraction of sp³-hybridized carbons (Fsp3) is 0.0714. The first-order valence-electron chi connectivity index (χ1n) is 6.18. The lowest BCUT2D eigenvalue weighted by Gasteiger charge is -2.11. The highest BCUT2D eigenvalue weighted by atomic mass is 16.6. The largest absolute Gasteiger partial charge is 0.507 e. The molecule has 1 aliphatic rings. The van der Waals surface area contributed by atoms with E-state index in [-0.39, 0.29) is 17.3 Å². The Morgan fingerprint density at radius 2 is 1.90 bits per heavy atom. The molecule has 0 fully saturated rings. The molecule has 1 aliphatic heterocycles. The standard InChI is InChI=1S/C14H11N3O4/c18-12-4-2-1-3-11(12)14-16-15-13(21-14)9-5-7-10(8-6-9)17(19)20/h1-8,13,15,18H. The number of phenolic OH excluding ortho intramolecular Hbond substituents is 1. The normalized spacial score (nSPS) is 16.8. The van der Waals surface area contributed by atoms with Crippen molar-refractivity contribution in [3.05, 3.63) is 69.8 Å². The number of para-hydroxylation sites is 1. The van der Waals surface area contributed by atoms with Crippen molar-refractivity contribution in [1.82, 2.24) is 5.43 Å². The molecule has 1 atom stereocenters. The van der Waals surface area contributed by atoms with E-state index < -0.39 is 11.2 Å². The van der Waals surface area contributed by atoms with Gasteiger partial charge in [-0.1, -0.05) is 12.1 Å². The van der Waals surface area contributed by atoms with E-state index in [1.165, 1.54) is 12.1 Å². The van der Waals surface area contributed by atoms with Crippen molar-refractivity contribution in [3.8, 4) is 5.75 Å². The van der Waals surface area contributed by atoms with Gasteiger partial charge in [0.2, 0.25) is 12.1 Å². The summed E-state index contributed by atoms with van der Waals surface area (Å²) in [6.45, 7) is 0. The summed E-state index contributed by atoms with van der Waals surface area (Å²) in [5.41, 5.74) is 3.98. The number of nitrogens with one attached hydrogen (secondary N) is 1. The topological polar surface area (TPSA) is 97.0 Å². The van der Waals surface area contributed by atoms with Crippen LogP contribution in [0.2, 0.25) is 0 Å². The van der Waals surface area contributed by atoms with Crippen molar-refractivity contribution >= 4 is 11.6 Å². The molecule has 106 valence electrons. The molecule has 0 saturated carbocycles. The highest BCUT2D eigenvalue weighted by molar-refractivity contribution is 5.97. The van der Waals surface area contributed by atoms with Crippen molar-refractivity contribution in [3.63, 3.8) is 0 Å². The summed E-state index contributed by atoms with van der Waals surface area (Å²) in [4.78, 5) is 10.2. The van der Waals surface area contributed by atoms with E-state index in [0.717, 1.165) is 0 Å². The van der Waals surface area contributed by atoms with E-state index in [2.05, 4.69) is 10.5 Å². The third kappa shape index (κ3) is 2.48. The smallest absolute Gasteiger partial charge is 0.269 e. The maximum atomic E-state index is 10.6. The molecule has 21 heavy (non-hydrogen) atoms. The van der Waals surface area contributed by atoms with Gasteiger partial charge in [-0.05, 0) is 24.3 Å². The molecule has 2 N–H and O–H groups in total. The van der Waals surface area contributed by atoms with Gasteiger partial charge >= 0.3 is 0 Å². The van der Waals surface area contributed by atoms with Crippen LogP contribution in [0.1, 0.15) is 17.4 Å². The first-order valence-corrected chi connectivity index (χ1v) is 6.18. The van der Waals surface area contributed by atoms with Gasteiger partial charge in [0.15, 0.2) is 0 Å². The van der Waals surface area contributed by atoms with Crippen LogP contribution in [-0.4, -0.2) is 15.9 Å². The number of hydrogen-bond acceptors (Lipinski definition) is 6. The summed E-state index contributed by atoms with van der Waals surface area (Å²) in [5, 5.41) is 24.4. The number of phenols is 1. The molecule has 0 radical (unpaired) electrons. The zero-order valence-electron chi connectivity index (χ0n) is 10.8. The quantitative estimate of drug-likeness (QED) is 0.666. The summed E-state index contributed by atoms with van der Waals surface area (Å²) in [6.07, 6.45) is -0.541. The maximum Gasteiger partial charge on any atom is 0.269 e. The molecular formula is C14H11N3O4. The monoisotopic (exact) mass is 285 g/mol. The highest BCUT2D eigenvalue weighted by Crippen LogP contribution is 2.26. The number of rotatable bonds is 3. The second kappa shape index (κ2) is 5.12. The van der Waals surface area contributed by atoms with E-state index in [9.17, 15) is 15.2 Å². The first kappa shape index (κ1) is 12.9. The molecule has 0 aromatic heterocycles. The fourth-order valence-electron chi connectivity index (χ4n) is 1.97. The van der Waals surface area contributed by atoms with Gasteiger partial charge in [0, 0.05) is 17.7 Å². The Morgan fingerprint density at radius 1 is 1.19 bits per heavy atom. The molecular weight excluding hydrogens is 274 g/mol. The number of aromatic hydroxyl groups is 1. The number of nitro groups is 1. The Labute approximate surface area is 119 Å². The Bertz CT molecular complexity index is 712. The Balaban J connectivity index is 1.77. The van der Waals surface area contributed by atoms with Crippen LogP contribution in [0.4, 0.5) is 5.69 Å². The van der Waals surface area contributed by atoms with Gasteiger partial charge < -0.3 is 9.84 Å². The molecule has 3 rings (SSSR count). The summed E-state index contributed by atoms with van der Waals surface area (Å²) >= 11 is 0. The SMILES string of the molecule is O=[N+]([O-])c1ccc(C2NN=C(c3ccccc3O)O2)cc1. The number of ether oxygens (including phenoxy) is 1. The second-order valence-electron chi connectivity index (χ2n) is 4.41. The molecule has 7 nitrogen and oxygen atoms in total. The Kier molecular flexibility index (Phi) is 3.15. The molecule has 0 aliphatic carbocycles. The zero-order valence-corrected chi connectivity index (χ0v) is 10.8. The molecule has 0 spiro atoms. The third-order valence-electron chi connectivity index (χ3n) is 3.05. The van der Waals surface area contributed by atoms with Crippen molar-refractivity contribution in [1.29, 1.82) is 0 Å². The molecule has 0 saturated heterocycles. The van der Waals surface area contributed by atoms with E-state index in [1.807, 2.05) is 0 Å². The minimum absolute atomic E-state index is 0.0126. The van der Waals surface area contributed by atoms with Crippen LogP contribution in [0.3, 0.4) is 0 Å². The molecule has 7 heteroatoms. The van der Waals surface area contributed by atoms with Crippen molar-refractivity contribution in [2.75, 3.05) is 0 Å². The van der Waals surface area contributed by atoms with Gasteiger partial charge in [-0.15, -0.1) is 5.10 Å². The summed E-state index contributed by atoms with van der Waals surface area (Å²) < 4.78 is 5.62. The molecule has 0 amide bonds. The average Bonchev–Trinajstić information content (AvgIpc) is 2.97. The van der Waals surface area contributed by atoms with Crippen molar-refractivity contribution in [2.24, 2.45) is 5.10 Å². The molecule has 2 aromatic carbocycles. The molecule has 0 bridgehead atoms. The lowest BCUT2D eigenvalue weighted by Crippen LogP contribution is -2.12. The van der Waals surface area contributed by atoms with E-state index in [4.69, 9.17) is 4.74 Å². The number of hydrogen-bond donors (Lipinski definition) is 2. The first-order chi connectivity index (χ1) is 10.1. The second-order valence-corrected chi connectivity index (χ2v) is 4.41. The zero-order chi connectivity index (χ0) is 14.8. The predicted molar refractivity (Wildman–Crippen MR) is 74.7 cm³/mol.